The molecular weight excluding hydrogens is 377 g/mol. The van der Waals surface area contributed by atoms with Gasteiger partial charge in [-0.3, -0.25) is 5.43 Å². The summed E-state index contributed by atoms with van der Waals surface area (Å²) in [4.78, 5) is 4.49. The molecule has 1 aromatic heterocycles. The highest BCUT2D eigenvalue weighted by atomic mass is 35.5. The highest BCUT2D eigenvalue weighted by Gasteiger charge is 2.08. The van der Waals surface area contributed by atoms with Crippen molar-refractivity contribution >= 4 is 45.9 Å². The number of nitrogens with zero attached hydrogens (tertiary/aromatic N) is 2. The van der Waals surface area contributed by atoms with Gasteiger partial charge in [0.15, 0.2) is 0 Å². The van der Waals surface area contributed by atoms with Crippen molar-refractivity contribution in [1.29, 1.82) is 0 Å². The fourth-order valence-corrected chi connectivity index (χ4v) is 3.29. The molecule has 4 nitrogen and oxygen atoms in total. The topological polar surface area (TPSA) is 46.5 Å². The fraction of sp³-hybridized carbons (Fsp3) is 0.111. The molecule has 0 saturated carbocycles. The smallest absolute Gasteiger partial charge is 0.203 e. The van der Waals surface area contributed by atoms with Gasteiger partial charge >= 0.3 is 0 Å². The van der Waals surface area contributed by atoms with E-state index in [4.69, 9.17) is 27.9 Å². The summed E-state index contributed by atoms with van der Waals surface area (Å²) in [5.74, 6) is 0.844. The number of hydrazone groups is 1. The number of halogens is 2. The van der Waals surface area contributed by atoms with Crippen LogP contribution in [0, 0.1) is 0 Å². The van der Waals surface area contributed by atoms with Crippen molar-refractivity contribution in [1.82, 2.24) is 4.98 Å². The lowest BCUT2D eigenvalue weighted by molar-refractivity contribution is 0.340. The van der Waals surface area contributed by atoms with Crippen LogP contribution in [0.1, 0.15) is 12.5 Å². The van der Waals surface area contributed by atoms with Crippen LogP contribution in [-0.4, -0.2) is 17.8 Å². The van der Waals surface area contributed by atoms with E-state index >= 15 is 0 Å². The van der Waals surface area contributed by atoms with Gasteiger partial charge in [-0.25, -0.2) is 4.98 Å². The van der Waals surface area contributed by atoms with Crippen LogP contribution >= 0.6 is 34.5 Å². The number of hydrogen-bond acceptors (Lipinski definition) is 5. The third-order valence-electron chi connectivity index (χ3n) is 3.28. The van der Waals surface area contributed by atoms with Crippen LogP contribution in [0.25, 0.3) is 11.3 Å². The highest BCUT2D eigenvalue weighted by molar-refractivity contribution is 7.14. The van der Waals surface area contributed by atoms with Gasteiger partial charge in [0.2, 0.25) is 5.13 Å². The van der Waals surface area contributed by atoms with E-state index in [1.54, 1.807) is 18.3 Å². The number of hydrogen-bond donors (Lipinski definition) is 1. The predicted octanol–water partition coefficient (Wildman–Crippen LogP) is 5.96. The Morgan fingerprint density at radius 2 is 2.00 bits per heavy atom. The molecule has 0 bridgehead atoms. The number of benzene rings is 2. The van der Waals surface area contributed by atoms with Gasteiger partial charge in [-0.2, -0.15) is 5.10 Å². The third kappa shape index (κ3) is 4.72. The Hall–Kier alpha value is -2.08. The van der Waals surface area contributed by atoms with Crippen LogP contribution < -0.4 is 10.2 Å². The van der Waals surface area contributed by atoms with Crippen LogP contribution in [0.15, 0.2) is 52.9 Å². The molecule has 7 heteroatoms. The highest BCUT2D eigenvalue weighted by Crippen LogP contribution is 2.32. The molecule has 1 heterocycles. The first kappa shape index (κ1) is 17.7. The third-order valence-corrected chi connectivity index (χ3v) is 4.57. The SMILES string of the molecule is CCOc1ccc(/C=N/Nc2nc(-c3ccc(Cl)cc3Cl)cs2)cc1. The van der Waals surface area contributed by atoms with E-state index in [-0.39, 0.29) is 0 Å². The first-order valence-corrected chi connectivity index (χ1v) is 9.22. The van der Waals surface area contributed by atoms with Crippen molar-refractivity contribution in [3.63, 3.8) is 0 Å². The number of thiazole rings is 1. The van der Waals surface area contributed by atoms with E-state index in [0.29, 0.717) is 21.8 Å². The van der Waals surface area contributed by atoms with Crippen molar-refractivity contribution in [3.05, 3.63) is 63.5 Å². The lowest BCUT2D eigenvalue weighted by Gasteiger charge is -2.02. The van der Waals surface area contributed by atoms with Crippen molar-refractivity contribution < 1.29 is 4.74 Å². The van der Waals surface area contributed by atoms with E-state index in [2.05, 4.69) is 15.5 Å². The maximum atomic E-state index is 6.21. The van der Waals surface area contributed by atoms with E-state index in [1.165, 1.54) is 11.3 Å². The molecule has 0 aliphatic heterocycles. The standard InChI is InChI=1S/C18H15Cl2N3OS/c1-2-24-14-6-3-12(4-7-14)10-21-23-18-22-17(11-25-18)15-8-5-13(19)9-16(15)20/h3-11H,2H2,1H3,(H,22,23)/b21-10+. The maximum Gasteiger partial charge on any atom is 0.203 e. The summed E-state index contributed by atoms with van der Waals surface area (Å²) in [5, 5.41) is 7.98. The molecule has 0 fully saturated rings. The molecule has 0 atom stereocenters. The summed E-state index contributed by atoms with van der Waals surface area (Å²) >= 11 is 13.6. The summed E-state index contributed by atoms with van der Waals surface area (Å²) < 4.78 is 5.41. The maximum absolute atomic E-state index is 6.21. The molecule has 0 saturated heterocycles. The quantitative estimate of drug-likeness (QED) is 0.416. The van der Waals surface area contributed by atoms with Crippen LogP contribution in [0.4, 0.5) is 5.13 Å². The molecule has 2 aromatic carbocycles. The van der Waals surface area contributed by atoms with Crippen molar-refractivity contribution in [3.8, 4) is 17.0 Å². The largest absolute Gasteiger partial charge is 0.494 e. The molecule has 3 aromatic rings. The zero-order valence-corrected chi connectivity index (χ0v) is 15.7. The van der Waals surface area contributed by atoms with E-state index in [9.17, 15) is 0 Å². The monoisotopic (exact) mass is 391 g/mol. The average molecular weight is 392 g/mol. The van der Waals surface area contributed by atoms with Gasteiger partial charge in [0.25, 0.3) is 0 Å². The first-order chi connectivity index (χ1) is 12.2. The molecule has 0 spiro atoms. The molecule has 1 N–H and O–H groups in total. The molecule has 25 heavy (non-hydrogen) atoms. The van der Waals surface area contributed by atoms with Crippen molar-refractivity contribution in [2.24, 2.45) is 5.10 Å². The Kier molecular flexibility index (Phi) is 5.91. The minimum absolute atomic E-state index is 0.572. The van der Waals surface area contributed by atoms with Crippen LogP contribution in [0.3, 0.4) is 0 Å². The van der Waals surface area contributed by atoms with E-state index < -0.39 is 0 Å². The lowest BCUT2D eigenvalue weighted by Crippen LogP contribution is -1.92. The normalized spacial score (nSPS) is 11.0. The lowest BCUT2D eigenvalue weighted by atomic mass is 10.2. The number of rotatable bonds is 6. The average Bonchev–Trinajstić information content (AvgIpc) is 3.05. The molecule has 128 valence electrons. The van der Waals surface area contributed by atoms with Gasteiger partial charge in [-0.15, -0.1) is 11.3 Å². The van der Waals surface area contributed by atoms with Crippen LogP contribution in [0.2, 0.25) is 10.0 Å². The van der Waals surface area contributed by atoms with E-state index in [1.807, 2.05) is 42.6 Å². The Morgan fingerprint density at radius 3 is 2.72 bits per heavy atom. The Morgan fingerprint density at radius 1 is 1.20 bits per heavy atom. The van der Waals surface area contributed by atoms with Crippen LogP contribution in [-0.2, 0) is 0 Å². The second-order valence-corrected chi connectivity index (χ2v) is 6.74. The number of ether oxygens (including phenoxy) is 1. The van der Waals surface area contributed by atoms with Gasteiger partial charge in [0.1, 0.15) is 5.75 Å². The second-order valence-electron chi connectivity index (χ2n) is 5.03. The summed E-state index contributed by atoms with van der Waals surface area (Å²) in [6.07, 6.45) is 1.73. The molecular formula is C18H15Cl2N3OS. The number of nitrogens with one attached hydrogen (secondary N) is 1. The molecule has 3 rings (SSSR count). The molecule has 0 amide bonds. The van der Waals surface area contributed by atoms with Gasteiger partial charge in [-0.1, -0.05) is 23.2 Å². The minimum Gasteiger partial charge on any atom is -0.494 e. The molecule has 0 aliphatic rings. The first-order valence-electron chi connectivity index (χ1n) is 7.58. The summed E-state index contributed by atoms with van der Waals surface area (Å²) in [5.41, 5.74) is 5.52. The van der Waals surface area contributed by atoms with E-state index in [0.717, 1.165) is 22.6 Å². The summed E-state index contributed by atoms with van der Waals surface area (Å²) in [7, 11) is 0. The van der Waals surface area contributed by atoms with Gasteiger partial charge in [-0.05, 0) is 55.0 Å². The minimum atomic E-state index is 0.572. The Balaban J connectivity index is 1.65. The van der Waals surface area contributed by atoms with Crippen LogP contribution in [0.5, 0.6) is 5.75 Å². The molecule has 0 aliphatic carbocycles. The predicted molar refractivity (Wildman–Crippen MR) is 106 cm³/mol. The Bertz CT molecular complexity index is 878. The second kappa shape index (κ2) is 8.34. The summed E-state index contributed by atoms with van der Waals surface area (Å²) in [6.45, 7) is 2.61. The van der Waals surface area contributed by atoms with Gasteiger partial charge in [0.05, 0.1) is 23.5 Å². The van der Waals surface area contributed by atoms with Gasteiger partial charge in [0, 0.05) is 16.0 Å². The number of anilines is 1. The zero-order valence-electron chi connectivity index (χ0n) is 13.4. The van der Waals surface area contributed by atoms with Crippen molar-refractivity contribution in [2.75, 3.05) is 12.0 Å². The zero-order chi connectivity index (χ0) is 17.6. The number of aromatic nitrogens is 1. The summed E-state index contributed by atoms with van der Waals surface area (Å²) in [6, 6.07) is 13.1. The fourth-order valence-electron chi connectivity index (χ4n) is 2.12. The Labute approximate surface area is 160 Å². The van der Waals surface area contributed by atoms with Crippen molar-refractivity contribution in [2.45, 2.75) is 6.92 Å². The molecule has 0 radical (unpaired) electrons. The van der Waals surface area contributed by atoms with Gasteiger partial charge < -0.3 is 4.74 Å². The molecule has 0 unspecified atom stereocenters.